The van der Waals surface area contributed by atoms with Gasteiger partial charge in [0.1, 0.15) is 12.1 Å². The maximum atomic E-state index is 12.8. The van der Waals surface area contributed by atoms with Crippen LogP contribution in [-0.2, 0) is 15.8 Å². The number of anilines is 2. The molecule has 0 aliphatic carbocycles. The molecule has 2 aromatic rings. The molecule has 0 spiro atoms. The van der Waals surface area contributed by atoms with E-state index >= 15 is 0 Å². The first kappa shape index (κ1) is 17.7. The molecule has 2 heterocycles. The van der Waals surface area contributed by atoms with E-state index in [1.807, 2.05) is 0 Å². The van der Waals surface area contributed by atoms with Crippen LogP contribution in [0.4, 0.5) is 24.5 Å². The fourth-order valence-corrected chi connectivity index (χ4v) is 3.99. The first-order valence-electron chi connectivity index (χ1n) is 7.01. The maximum absolute atomic E-state index is 12.8. The molecule has 0 radical (unpaired) electrons. The fraction of sp³-hybridized carbons (Fsp3) is 0.286. The van der Waals surface area contributed by atoms with Gasteiger partial charge in [-0.1, -0.05) is 23.1 Å². The van der Waals surface area contributed by atoms with E-state index in [4.69, 9.17) is 0 Å². The fourth-order valence-electron chi connectivity index (χ4n) is 2.30. The van der Waals surface area contributed by atoms with Gasteiger partial charge in [-0.2, -0.15) is 13.2 Å². The molecule has 1 atom stereocenters. The minimum atomic E-state index is -4.53. The third kappa shape index (κ3) is 3.76. The molecule has 25 heavy (non-hydrogen) atoms. The van der Waals surface area contributed by atoms with E-state index in [0.29, 0.717) is 4.34 Å². The van der Waals surface area contributed by atoms with Crippen LogP contribution in [0.2, 0.25) is 0 Å². The van der Waals surface area contributed by atoms with Crippen molar-refractivity contribution in [3.05, 3.63) is 29.3 Å². The first-order valence-corrected chi connectivity index (χ1v) is 8.77. The van der Waals surface area contributed by atoms with E-state index in [9.17, 15) is 22.8 Å². The Morgan fingerprint density at radius 3 is 2.84 bits per heavy atom. The van der Waals surface area contributed by atoms with Crippen LogP contribution in [0, 0.1) is 0 Å². The lowest BCUT2D eigenvalue weighted by atomic mass is 10.1. The normalized spacial score (nSPS) is 15.5. The van der Waals surface area contributed by atoms with Crippen LogP contribution in [-0.4, -0.2) is 33.8 Å². The van der Waals surface area contributed by atoms with Gasteiger partial charge in [0.25, 0.3) is 0 Å². The summed E-state index contributed by atoms with van der Waals surface area (Å²) in [4.78, 5) is 25.7. The molecule has 1 N–H and O–H groups in total. The van der Waals surface area contributed by atoms with Crippen LogP contribution in [0.5, 0.6) is 0 Å². The van der Waals surface area contributed by atoms with E-state index in [0.717, 1.165) is 12.1 Å². The maximum Gasteiger partial charge on any atom is 0.416 e. The van der Waals surface area contributed by atoms with E-state index in [1.54, 1.807) is 6.92 Å². The minimum Gasteiger partial charge on any atom is -0.323 e. The molecule has 1 aromatic carbocycles. The molecule has 1 aliphatic rings. The summed E-state index contributed by atoms with van der Waals surface area (Å²) in [7, 11) is 0. The Kier molecular flexibility index (Phi) is 4.69. The molecule has 132 valence electrons. The van der Waals surface area contributed by atoms with Crippen molar-refractivity contribution < 1.29 is 22.8 Å². The van der Waals surface area contributed by atoms with E-state index in [-0.39, 0.29) is 17.9 Å². The predicted octanol–water partition coefficient (Wildman–Crippen LogP) is 3.02. The molecule has 6 nitrogen and oxygen atoms in total. The number of amides is 2. The molecule has 0 bridgehead atoms. The van der Waals surface area contributed by atoms with Crippen LogP contribution in [0.25, 0.3) is 0 Å². The van der Waals surface area contributed by atoms with Crippen molar-refractivity contribution in [1.82, 2.24) is 10.2 Å². The van der Waals surface area contributed by atoms with Crippen molar-refractivity contribution in [3.63, 3.8) is 0 Å². The van der Waals surface area contributed by atoms with Gasteiger partial charge in [-0.15, -0.1) is 10.2 Å². The highest BCUT2D eigenvalue weighted by Crippen LogP contribution is 2.38. The summed E-state index contributed by atoms with van der Waals surface area (Å²) < 4.78 is 39.1. The van der Waals surface area contributed by atoms with E-state index in [2.05, 4.69) is 15.5 Å². The summed E-state index contributed by atoms with van der Waals surface area (Å²) in [6.07, 6.45) is -4.53. The summed E-state index contributed by atoms with van der Waals surface area (Å²) in [5, 5.41) is 9.32. The van der Waals surface area contributed by atoms with Crippen molar-refractivity contribution in [1.29, 1.82) is 0 Å². The lowest BCUT2D eigenvalue weighted by Crippen LogP contribution is -2.45. The van der Waals surface area contributed by atoms with Crippen molar-refractivity contribution in [2.24, 2.45) is 0 Å². The van der Waals surface area contributed by atoms with Gasteiger partial charge < -0.3 is 5.32 Å². The third-order valence-electron chi connectivity index (χ3n) is 3.42. The quantitative estimate of drug-likeness (QED) is 0.818. The molecule has 1 aromatic heterocycles. The number of hydrogen-bond acceptors (Lipinski definition) is 6. The third-order valence-corrected chi connectivity index (χ3v) is 5.32. The Labute approximate surface area is 148 Å². The lowest BCUT2D eigenvalue weighted by Gasteiger charge is -2.31. The van der Waals surface area contributed by atoms with Gasteiger partial charge in [-0.3, -0.25) is 14.5 Å². The average Bonchev–Trinajstić information content (AvgIpc) is 3.04. The summed E-state index contributed by atoms with van der Waals surface area (Å²) >= 11 is 2.45. The van der Waals surface area contributed by atoms with Crippen molar-refractivity contribution in [3.8, 4) is 0 Å². The van der Waals surface area contributed by atoms with Crippen LogP contribution in [0.3, 0.4) is 0 Å². The predicted molar refractivity (Wildman–Crippen MR) is 87.7 cm³/mol. The second kappa shape index (κ2) is 6.64. The topological polar surface area (TPSA) is 75.2 Å². The number of nitrogens with zero attached hydrogens (tertiary/aromatic N) is 3. The number of carbonyl (C=O) groups is 2. The number of aromatic nitrogens is 2. The van der Waals surface area contributed by atoms with Crippen LogP contribution in [0.1, 0.15) is 12.5 Å². The summed E-state index contributed by atoms with van der Waals surface area (Å²) in [5.41, 5.74) is 0.842. The summed E-state index contributed by atoms with van der Waals surface area (Å²) in [6, 6.07) is 2.91. The largest absolute Gasteiger partial charge is 0.416 e. The SMILES string of the molecule is C[C@H](Sc1nncs1)C(=O)N1CC(=O)Nc2cc(C(F)(F)F)ccc21. The zero-order valence-electron chi connectivity index (χ0n) is 12.7. The number of halogens is 3. The zero-order valence-corrected chi connectivity index (χ0v) is 14.3. The van der Waals surface area contributed by atoms with Gasteiger partial charge >= 0.3 is 6.18 Å². The molecule has 11 heteroatoms. The number of hydrogen-bond donors (Lipinski definition) is 1. The van der Waals surface area contributed by atoms with Gasteiger partial charge in [0.15, 0.2) is 4.34 Å². The first-order chi connectivity index (χ1) is 11.8. The highest BCUT2D eigenvalue weighted by molar-refractivity contribution is 8.02. The van der Waals surface area contributed by atoms with Crippen molar-refractivity contribution >= 4 is 46.3 Å². The van der Waals surface area contributed by atoms with Crippen LogP contribution < -0.4 is 10.2 Å². The standard InChI is InChI=1S/C14H11F3N4O2S2/c1-7(25-13-20-18-6-24-13)12(23)21-5-11(22)19-9-4-8(14(15,16)17)2-3-10(9)21/h2-4,6-7H,5H2,1H3,(H,19,22)/t7-/m0/s1. The van der Waals surface area contributed by atoms with Crippen LogP contribution >= 0.6 is 23.1 Å². The number of nitrogens with one attached hydrogen (secondary N) is 1. The Morgan fingerprint density at radius 2 is 2.20 bits per heavy atom. The van der Waals surface area contributed by atoms with Crippen LogP contribution in [0.15, 0.2) is 28.0 Å². The monoisotopic (exact) mass is 388 g/mol. The second-order valence-corrected chi connectivity index (χ2v) is 7.59. The molecular formula is C14H11F3N4O2S2. The second-order valence-electron chi connectivity index (χ2n) is 5.17. The van der Waals surface area contributed by atoms with Gasteiger partial charge in [0.05, 0.1) is 22.2 Å². The van der Waals surface area contributed by atoms with Gasteiger partial charge in [-0.05, 0) is 25.1 Å². The summed E-state index contributed by atoms with van der Waals surface area (Å²) in [6.45, 7) is 1.39. The molecule has 0 fully saturated rings. The number of rotatable bonds is 3. The number of benzene rings is 1. The van der Waals surface area contributed by atoms with Crippen molar-refractivity contribution in [2.75, 3.05) is 16.8 Å². The number of thioether (sulfide) groups is 1. The van der Waals surface area contributed by atoms with E-state index < -0.39 is 28.8 Å². The molecule has 2 amide bonds. The molecule has 0 unspecified atom stereocenters. The van der Waals surface area contributed by atoms with Gasteiger partial charge in [0.2, 0.25) is 11.8 Å². The Hall–Kier alpha value is -2.14. The molecule has 3 rings (SSSR count). The Morgan fingerprint density at radius 1 is 1.44 bits per heavy atom. The minimum absolute atomic E-state index is 0.0347. The Balaban J connectivity index is 1.88. The molecule has 0 saturated heterocycles. The highest BCUT2D eigenvalue weighted by Gasteiger charge is 2.35. The number of fused-ring (bicyclic) bond motifs is 1. The number of carbonyl (C=O) groups excluding carboxylic acids is 2. The Bertz CT molecular complexity index is 811. The highest BCUT2D eigenvalue weighted by atomic mass is 32.2. The lowest BCUT2D eigenvalue weighted by molar-refractivity contribution is -0.137. The average molecular weight is 388 g/mol. The zero-order chi connectivity index (χ0) is 18.2. The van der Waals surface area contributed by atoms with Gasteiger partial charge in [-0.25, -0.2) is 0 Å². The molecule has 1 aliphatic heterocycles. The van der Waals surface area contributed by atoms with E-state index in [1.165, 1.54) is 39.6 Å². The van der Waals surface area contributed by atoms with Gasteiger partial charge in [0, 0.05) is 0 Å². The van der Waals surface area contributed by atoms with Crippen molar-refractivity contribution in [2.45, 2.75) is 22.7 Å². The number of alkyl halides is 3. The molecule has 0 saturated carbocycles. The smallest absolute Gasteiger partial charge is 0.323 e. The molecular weight excluding hydrogens is 377 g/mol. The summed E-state index contributed by atoms with van der Waals surface area (Å²) in [5.74, 6) is -0.940.